The van der Waals surface area contributed by atoms with Crippen LogP contribution in [-0.4, -0.2) is 18.0 Å². The average molecular weight is 313 g/mol. The lowest BCUT2D eigenvalue weighted by molar-refractivity contribution is -0.121. The van der Waals surface area contributed by atoms with Gasteiger partial charge < -0.3 is 11.1 Å². The number of rotatable bonds is 8. The molecule has 3 nitrogen and oxygen atoms in total. The fourth-order valence-corrected chi connectivity index (χ4v) is 2.29. The minimum absolute atomic E-state index is 0. The van der Waals surface area contributed by atoms with Crippen LogP contribution in [0.1, 0.15) is 57.9 Å². The number of nitrogens with two attached hydrogens (primary N) is 1. The Bertz CT molecular complexity index is 405. The number of halogens is 1. The van der Waals surface area contributed by atoms with Gasteiger partial charge in [0.15, 0.2) is 0 Å². The summed E-state index contributed by atoms with van der Waals surface area (Å²) in [4.78, 5) is 12.1. The van der Waals surface area contributed by atoms with Gasteiger partial charge in [-0.25, -0.2) is 0 Å². The van der Waals surface area contributed by atoms with Gasteiger partial charge in [0.1, 0.15) is 0 Å². The lowest BCUT2D eigenvalue weighted by atomic mass is 9.92. The molecule has 4 heteroatoms. The molecule has 0 heterocycles. The normalized spacial score (nSPS) is 12.4. The molecule has 0 aliphatic heterocycles. The van der Waals surface area contributed by atoms with Gasteiger partial charge in [-0.1, -0.05) is 51.1 Å². The van der Waals surface area contributed by atoms with E-state index in [9.17, 15) is 4.79 Å². The molecule has 120 valence electrons. The third-order valence-electron chi connectivity index (χ3n) is 4.24. The Morgan fingerprint density at radius 3 is 2.24 bits per heavy atom. The highest BCUT2D eigenvalue weighted by molar-refractivity contribution is 5.85. The van der Waals surface area contributed by atoms with Gasteiger partial charge in [-0.05, 0) is 30.7 Å². The molecular formula is C17H29ClN2O. The molecule has 1 rings (SSSR count). The zero-order valence-electron chi connectivity index (χ0n) is 13.4. The Balaban J connectivity index is 0.00000400. The van der Waals surface area contributed by atoms with E-state index < -0.39 is 0 Å². The van der Waals surface area contributed by atoms with Crippen LogP contribution in [0.4, 0.5) is 0 Å². The Hall–Kier alpha value is -1.06. The van der Waals surface area contributed by atoms with Crippen LogP contribution in [0.5, 0.6) is 0 Å². The number of carbonyl (C=O) groups is 1. The smallest absolute Gasteiger partial charge is 0.220 e. The second-order valence-corrected chi connectivity index (χ2v) is 5.57. The molecule has 1 aromatic rings. The molecule has 0 saturated carbocycles. The Labute approximate surface area is 135 Å². The summed E-state index contributed by atoms with van der Waals surface area (Å²) in [6.45, 7) is 6.81. The topological polar surface area (TPSA) is 55.1 Å². The summed E-state index contributed by atoms with van der Waals surface area (Å²) in [6, 6.07) is 10.2. The second kappa shape index (κ2) is 9.80. The van der Waals surface area contributed by atoms with E-state index in [2.05, 4.69) is 38.2 Å². The predicted molar refractivity (Wildman–Crippen MR) is 91.8 cm³/mol. The van der Waals surface area contributed by atoms with E-state index in [-0.39, 0.29) is 29.8 Å². The fraction of sp³-hybridized carbons (Fsp3) is 0.588. The first-order valence-corrected chi connectivity index (χ1v) is 7.65. The summed E-state index contributed by atoms with van der Waals surface area (Å²) in [7, 11) is 0. The molecule has 1 unspecified atom stereocenters. The van der Waals surface area contributed by atoms with Crippen LogP contribution in [0.15, 0.2) is 30.3 Å². The first-order valence-electron chi connectivity index (χ1n) is 7.65. The zero-order valence-corrected chi connectivity index (χ0v) is 14.2. The minimum Gasteiger partial charge on any atom is -0.354 e. The van der Waals surface area contributed by atoms with Gasteiger partial charge in [-0.2, -0.15) is 0 Å². The molecule has 0 spiro atoms. The SMILES string of the molecule is CCC(CC(=O)NCC(N)(CC)CC)c1ccccc1.Cl. The van der Waals surface area contributed by atoms with E-state index in [1.165, 1.54) is 5.56 Å². The quantitative estimate of drug-likeness (QED) is 0.770. The molecule has 1 amide bonds. The molecule has 0 aliphatic rings. The molecule has 0 bridgehead atoms. The monoisotopic (exact) mass is 312 g/mol. The maximum absolute atomic E-state index is 12.1. The van der Waals surface area contributed by atoms with Crippen molar-refractivity contribution in [2.75, 3.05) is 6.54 Å². The van der Waals surface area contributed by atoms with Crippen LogP contribution < -0.4 is 11.1 Å². The Morgan fingerprint density at radius 2 is 1.76 bits per heavy atom. The van der Waals surface area contributed by atoms with Crippen molar-refractivity contribution < 1.29 is 4.79 Å². The molecule has 0 fully saturated rings. The van der Waals surface area contributed by atoms with Crippen LogP contribution in [0.25, 0.3) is 0 Å². The molecule has 3 N–H and O–H groups in total. The predicted octanol–water partition coefficient (Wildman–Crippen LogP) is 3.63. The van der Waals surface area contributed by atoms with E-state index in [1.807, 2.05) is 18.2 Å². The van der Waals surface area contributed by atoms with Crippen LogP contribution in [0.3, 0.4) is 0 Å². The molecule has 21 heavy (non-hydrogen) atoms. The van der Waals surface area contributed by atoms with Crippen molar-refractivity contribution in [3.8, 4) is 0 Å². The summed E-state index contributed by atoms with van der Waals surface area (Å²) >= 11 is 0. The molecule has 0 saturated heterocycles. The fourth-order valence-electron chi connectivity index (χ4n) is 2.29. The first kappa shape index (κ1) is 19.9. The van der Waals surface area contributed by atoms with E-state index in [0.717, 1.165) is 19.3 Å². The van der Waals surface area contributed by atoms with E-state index in [0.29, 0.717) is 13.0 Å². The third-order valence-corrected chi connectivity index (χ3v) is 4.24. The third kappa shape index (κ3) is 6.49. The first-order chi connectivity index (χ1) is 9.54. The van der Waals surface area contributed by atoms with E-state index in [4.69, 9.17) is 5.73 Å². The van der Waals surface area contributed by atoms with Crippen LogP contribution in [0, 0.1) is 0 Å². The lowest BCUT2D eigenvalue weighted by Gasteiger charge is -2.27. The molecule has 1 atom stereocenters. The van der Waals surface area contributed by atoms with Crippen molar-refractivity contribution in [2.24, 2.45) is 5.73 Å². The minimum atomic E-state index is -0.274. The standard InChI is InChI=1S/C17H28N2O.ClH/c1-4-14(15-10-8-7-9-11-15)12-16(20)19-13-17(18,5-2)6-3;/h7-11,14H,4-6,12-13,18H2,1-3H3,(H,19,20);1H. The highest BCUT2D eigenvalue weighted by Gasteiger charge is 2.22. The van der Waals surface area contributed by atoms with Crippen LogP contribution >= 0.6 is 12.4 Å². The van der Waals surface area contributed by atoms with Gasteiger partial charge in [0.2, 0.25) is 5.91 Å². The summed E-state index contributed by atoms with van der Waals surface area (Å²) in [6.07, 6.45) is 3.25. The van der Waals surface area contributed by atoms with Crippen molar-refractivity contribution in [1.82, 2.24) is 5.32 Å². The summed E-state index contributed by atoms with van der Waals surface area (Å²) in [5, 5.41) is 3.00. The maximum atomic E-state index is 12.1. The van der Waals surface area contributed by atoms with Crippen LogP contribution in [0.2, 0.25) is 0 Å². The molecule has 0 aliphatic carbocycles. The lowest BCUT2D eigenvalue weighted by Crippen LogP contribution is -2.49. The Morgan fingerprint density at radius 1 is 1.19 bits per heavy atom. The summed E-state index contributed by atoms with van der Waals surface area (Å²) in [5.41, 5.74) is 7.16. The summed E-state index contributed by atoms with van der Waals surface area (Å²) < 4.78 is 0. The van der Waals surface area contributed by atoms with E-state index >= 15 is 0 Å². The van der Waals surface area contributed by atoms with Gasteiger partial charge in [0.05, 0.1) is 0 Å². The van der Waals surface area contributed by atoms with Crippen molar-refractivity contribution in [1.29, 1.82) is 0 Å². The Kier molecular flexibility index (Phi) is 9.31. The average Bonchev–Trinajstić information content (AvgIpc) is 2.51. The summed E-state index contributed by atoms with van der Waals surface area (Å²) in [5.74, 6) is 0.379. The van der Waals surface area contributed by atoms with Gasteiger partial charge in [0, 0.05) is 18.5 Å². The second-order valence-electron chi connectivity index (χ2n) is 5.57. The van der Waals surface area contributed by atoms with Gasteiger partial charge in [0.25, 0.3) is 0 Å². The van der Waals surface area contributed by atoms with Crippen molar-refractivity contribution in [2.45, 2.75) is 57.9 Å². The highest BCUT2D eigenvalue weighted by atomic mass is 35.5. The van der Waals surface area contributed by atoms with Gasteiger partial charge in [-0.15, -0.1) is 12.4 Å². The number of amides is 1. The largest absolute Gasteiger partial charge is 0.354 e. The highest BCUT2D eigenvalue weighted by Crippen LogP contribution is 2.22. The van der Waals surface area contributed by atoms with Crippen LogP contribution in [-0.2, 0) is 4.79 Å². The molecular weight excluding hydrogens is 284 g/mol. The van der Waals surface area contributed by atoms with Crippen molar-refractivity contribution >= 4 is 18.3 Å². The molecule has 1 aromatic carbocycles. The molecule has 0 aromatic heterocycles. The van der Waals surface area contributed by atoms with Gasteiger partial charge in [-0.3, -0.25) is 4.79 Å². The van der Waals surface area contributed by atoms with Crippen molar-refractivity contribution in [3.05, 3.63) is 35.9 Å². The number of carbonyl (C=O) groups excluding carboxylic acids is 1. The number of nitrogens with one attached hydrogen (secondary N) is 1. The van der Waals surface area contributed by atoms with Crippen molar-refractivity contribution in [3.63, 3.8) is 0 Å². The maximum Gasteiger partial charge on any atom is 0.220 e. The van der Waals surface area contributed by atoms with E-state index in [1.54, 1.807) is 0 Å². The number of hydrogen-bond acceptors (Lipinski definition) is 2. The zero-order chi connectivity index (χ0) is 15.0. The van der Waals surface area contributed by atoms with Gasteiger partial charge >= 0.3 is 0 Å². The number of hydrogen-bond donors (Lipinski definition) is 2. The number of benzene rings is 1. The molecule has 0 radical (unpaired) electrons.